The molecule has 0 unspecified atom stereocenters. The van der Waals surface area contributed by atoms with Gasteiger partial charge in [0.25, 0.3) is 5.78 Å². The Bertz CT molecular complexity index is 455. The van der Waals surface area contributed by atoms with Crippen molar-refractivity contribution in [3.05, 3.63) is 29.1 Å². The maximum atomic E-state index is 13.8. The van der Waals surface area contributed by atoms with Crippen molar-refractivity contribution in [2.24, 2.45) is 0 Å². The van der Waals surface area contributed by atoms with Crippen LogP contribution in [0.5, 0.6) is 5.75 Å². The number of carboxylic acids is 1. The number of ether oxygens (including phenoxy) is 2. The highest BCUT2D eigenvalue weighted by molar-refractivity contribution is 6.40. The number of ketones is 1. The molecule has 0 aromatic heterocycles. The Hall–Kier alpha value is -1.95. The number of hydrogen-bond acceptors (Lipinski definition) is 4. The maximum absolute atomic E-state index is 13.8. The highest BCUT2D eigenvalue weighted by Gasteiger charge is 2.23. The first kappa shape index (κ1) is 13.1. The molecule has 0 bridgehead atoms. The first-order valence-corrected chi connectivity index (χ1v) is 4.64. The van der Waals surface area contributed by atoms with Gasteiger partial charge in [-0.1, -0.05) is 6.07 Å². The van der Waals surface area contributed by atoms with Gasteiger partial charge >= 0.3 is 5.97 Å². The third-order valence-corrected chi connectivity index (χ3v) is 2.12. The van der Waals surface area contributed by atoms with Gasteiger partial charge in [-0.15, -0.1) is 0 Å². The lowest BCUT2D eigenvalue weighted by molar-refractivity contribution is -0.131. The first-order valence-electron chi connectivity index (χ1n) is 4.64. The molecule has 1 N–H and O–H groups in total. The van der Waals surface area contributed by atoms with Crippen LogP contribution in [0.3, 0.4) is 0 Å². The molecule has 5 nitrogen and oxygen atoms in total. The van der Waals surface area contributed by atoms with Crippen LogP contribution >= 0.6 is 0 Å². The molecule has 0 heterocycles. The Labute approximate surface area is 96.8 Å². The van der Waals surface area contributed by atoms with E-state index in [4.69, 9.17) is 14.6 Å². The molecule has 1 aromatic rings. The summed E-state index contributed by atoms with van der Waals surface area (Å²) in [5.41, 5.74) is -0.136. The molecule has 0 saturated heterocycles. The van der Waals surface area contributed by atoms with Gasteiger partial charge in [-0.2, -0.15) is 0 Å². The van der Waals surface area contributed by atoms with Gasteiger partial charge in [0.05, 0.1) is 19.3 Å². The number of hydrogen-bond donors (Lipinski definition) is 1. The summed E-state index contributed by atoms with van der Waals surface area (Å²) in [5.74, 6) is -4.06. The van der Waals surface area contributed by atoms with Crippen molar-refractivity contribution in [3.63, 3.8) is 0 Å². The van der Waals surface area contributed by atoms with Crippen molar-refractivity contribution in [1.29, 1.82) is 0 Å². The molecule has 0 fully saturated rings. The number of carbonyl (C=O) groups excluding carboxylic acids is 1. The molecule has 1 rings (SSSR count). The number of halogens is 1. The SMILES string of the molecule is COCc1ccc(C(=O)C(=O)O)c(OC)c1F. The lowest BCUT2D eigenvalue weighted by Gasteiger charge is -2.10. The molecule has 0 atom stereocenters. The number of aliphatic carboxylic acids is 1. The topological polar surface area (TPSA) is 72.8 Å². The Kier molecular flexibility index (Phi) is 4.17. The minimum Gasteiger partial charge on any atom is -0.493 e. The van der Waals surface area contributed by atoms with E-state index in [2.05, 4.69) is 0 Å². The zero-order valence-corrected chi connectivity index (χ0v) is 9.32. The van der Waals surface area contributed by atoms with Crippen LogP contribution in [0, 0.1) is 5.82 Å². The lowest BCUT2D eigenvalue weighted by atomic mass is 10.1. The predicted molar refractivity (Wildman–Crippen MR) is 55.6 cm³/mol. The standard InChI is InChI=1S/C11H11FO5/c1-16-5-6-3-4-7(9(13)11(14)15)10(17-2)8(6)12/h3-4H,5H2,1-2H3,(H,14,15). The normalized spacial score (nSPS) is 10.1. The molecule has 0 aliphatic rings. The van der Waals surface area contributed by atoms with Crippen molar-refractivity contribution in [2.75, 3.05) is 14.2 Å². The minimum atomic E-state index is -1.66. The average molecular weight is 242 g/mol. The van der Waals surface area contributed by atoms with Gasteiger partial charge in [0.1, 0.15) is 0 Å². The molecule has 0 aliphatic carbocycles. The van der Waals surface area contributed by atoms with Crippen LogP contribution in [-0.2, 0) is 16.1 Å². The van der Waals surface area contributed by atoms with Gasteiger partial charge in [0.2, 0.25) is 0 Å². The molecule has 0 saturated carbocycles. The van der Waals surface area contributed by atoms with E-state index in [9.17, 15) is 14.0 Å². The zero-order chi connectivity index (χ0) is 13.0. The molecule has 0 amide bonds. The fraction of sp³-hybridized carbons (Fsp3) is 0.273. The van der Waals surface area contributed by atoms with Gasteiger partial charge < -0.3 is 14.6 Å². The van der Waals surface area contributed by atoms with E-state index in [0.29, 0.717) is 0 Å². The van der Waals surface area contributed by atoms with Crippen molar-refractivity contribution >= 4 is 11.8 Å². The van der Waals surface area contributed by atoms with Crippen LogP contribution in [0.2, 0.25) is 0 Å². The highest BCUT2D eigenvalue weighted by Crippen LogP contribution is 2.26. The average Bonchev–Trinajstić information content (AvgIpc) is 2.30. The third kappa shape index (κ3) is 2.59. The molecular formula is C11H11FO5. The van der Waals surface area contributed by atoms with E-state index in [-0.39, 0.29) is 23.5 Å². The van der Waals surface area contributed by atoms with Gasteiger partial charge in [0.15, 0.2) is 11.6 Å². The molecule has 0 aliphatic heterocycles. The number of Topliss-reactive ketones (excluding diaryl/α,β-unsaturated/α-hetero) is 1. The number of benzene rings is 1. The summed E-state index contributed by atoms with van der Waals surface area (Å²) in [6.07, 6.45) is 0. The largest absolute Gasteiger partial charge is 0.493 e. The Balaban J connectivity index is 3.30. The molecule has 6 heteroatoms. The van der Waals surface area contributed by atoms with E-state index in [1.807, 2.05) is 0 Å². The van der Waals surface area contributed by atoms with Gasteiger partial charge in [0, 0.05) is 12.7 Å². The van der Waals surface area contributed by atoms with Crippen molar-refractivity contribution < 1.29 is 28.6 Å². The van der Waals surface area contributed by atoms with E-state index in [1.54, 1.807) is 0 Å². The van der Waals surface area contributed by atoms with Crippen LogP contribution in [0.25, 0.3) is 0 Å². The molecule has 92 valence electrons. The van der Waals surface area contributed by atoms with Gasteiger partial charge in [-0.3, -0.25) is 4.79 Å². The van der Waals surface area contributed by atoms with Crippen LogP contribution < -0.4 is 4.74 Å². The summed E-state index contributed by atoms with van der Waals surface area (Å²) in [6.45, 7) is 0.00371. The van der Waals surface area contributed by atoms with Crippen LogP contribution in [0.15, 0.2) is 12.1 Å². The van der Waals surface area contributed by atoms with Crippen molar-refractivity contribution in [2.45, 2.75) is 6.61 Å². The number of rotatable bonds is 5. The number of carboxylic acid groups (broad SMARTS) is 1. The predicted octanol–water partition coefficient (Wildman–Crippen LogP) is 1.25. The second-order valence-corrected chi connectivity index (χ2v) is 3.19. The number of methoxy groups -OCH3 is 2. The summed E-state index contributed by atoms with van der Waals surface area (Å²) in [7, 11) is 2.55. The summed E-state index contributed by atoms with van der Waals surface area (Å²) < 4.78 is 23.3. The second-order valence-electron chi connectivity index (χ2n) is 3.19. The molecule has 17 heavy (non-hydrogen) atoms. The summed E-state index contributed by atoms with van der Waals surface area (Å²) in [6, 6.07) is 2.49. The zero-order valence-electron chi connectivity index (χ0n) is 9.32. The van der Waals surface area contributed by atoms with Crippen LogP contribution in [0.4, 0.5) is 4.39 Å². The quantitative estimate of drug-likeness (QED) is 0.621. The molecule has 1 aromatic carbocycles. The fourth-order valence-electron chi connectivity index (χ4n) is 1.36. The lowest BCUT2D eigenvalue weighted by Crippen LogP contribution is -2.15. The third-order valence-electron chi connectivity index (χ3n) is 2.12. The van der Waals surface area contributed by atoms with E-state index < -0.39 is 17.6 Å². The van der Waals surface area contributed by atoms with Crippen molar-refractivity contribution in [3.8, 4) is 5.75 Å². The van der Waals surface area contributed by atoms with Gasteiger partial charge in [-0.05, 0) is 6.07 Å². The van der Waals surface area contributed by atoms with E-state index >= 15 is 0 Å². The fourth-order valence-corrected chi connectivity index (χ4v) is 1.36. The number of carbonyl (C=O) groups is 2. The van der Waals surface area contributed by atoms with E-state index in [1.165, 1.54) is 19.2 Å². The molecule has 0 radical (unpaired) electrons. The monoisotopic (exact) mass is 242 g/mol. The Morgan fingerprint density at radius 1 is 1.35 bits per heavy atom. The van der Waals surface area contributed by atoms with Crippen molar-refractivity contribution in [1.82, 2.24) is 0 Å². The second kappa shape index (κ2) is 5.40. The highest BCUT2D eigenvalue weighted by atomic mass is 19.1. The summed E-state index contributed by atoms with van der Waals surface area (Å²) >= 11 is 0. The Morgan fingerprint density at radius 3 is 2.47 bits per heavy atom. The smallest absolute Gasteiger partial charge is 0.377 e. The van der Waals surface area contributed by atoms with Crippen LogP contribution in [0.1, 0.15) is 15.9 Å². The van der Waals surface area contributed by atoms with Crippen LogP contribution in [-0.4, -0.2) is 31.1 Å². The molecule has 0 spiro atoms. The van der Waals surface area contributed by atoms with E-state index in [0.717, 1.165) is 7.11 Å². The minimum absolute atomic E-state index is 0.00371. The maximum Gasteiger partial charge on any atom is 0.377 e. The molecular weight excluding hydrogens is 231 g/mol. The first-order chi connectivity index (χ1) is 8.02. The Morgan fingerprint density at radius 2 is 2.00 bits per heavy atom. The summed E-state index contributed by atoms with van der Waals surface area (Å²) in [5, 5.41) is 8.57. The summed E-state index contributed by atoms with van der Waals surface area (Å²) in [4.78, 5) is 21.8. The van der Waals surface area contributed by atoms with Gasteiger partial charge in [-0.25, -0.2) is 9.18 Å².